The van der Waals surface area contributed by atoms with Crippen LogP contribution in [0.3, 0.4) is 0 Å². The molecule has 0 fully saturated rings. The van der Waals surface area contributed by atoms with Gasteiger partial charge in [0.15, 0.2) is 0 Å². The summed E-state index contributed by atoms with van der Waals surface area (Å²) in [7, 11) is 0. The maximum Gasteiger partial charge on any atom is 3.00 e. The molecule has 6 rings (SSSR count). The number of rotatable bonds is 6. The first-order valence-electron chi connectivity index (χ1n) is 14.6. The Morgan fingerprint density at radius 3 is 1.41 bits per heavy atom. The van der Waals surface area contributed by atoms with Gasteiger partial charge in [0, 0.05) is 11.0 Å². The first-order valence-corrected chi connectivity index (χ1v) is 14.6. The van der Waals surface area contributed by atoms with Crippen LogP contribution in [0.25, 0.3) is 43.8 Å². The van der Waals surface area contributed by atoms with Gasteiger partial charge >= 0.3 is 26.2 Å². The molecular weight excluding hydrogens is 671 g/mol. The van der Waals surface area contributed by atoms with E-state index in [1.165, 1.54) is 80.6 Å². The SMILES string of the molecule is CCCCCC.CCc1cc2c(-c3ccccc3)cccc2[cH-]1.Cc1cc2c(-c3ccccc3)cccc2[cH-]1.Cl.Cl.[CH3-].[Si].[Zr+3]. The molecule has 0 unspecified atom stereocenters. The van der Waals surface area contributed by atoms with Crippen molar-refractivity contribution >= 4 is 57.3 Å². The van der Waals surface area contributed by atoms with E-state index in [-0.39, 0.29) is 69.4 Å². The Hall–Kier alpha value is -2.22. The van der Waals surface area contributed by atoms with Crippen LogP contribution >= 0.6 is 24.8 Å². The zero-order valence-corrected chi connectivity index (χ0v) is 32.0. The molecule has 6 aromatic rings. The largest absolute Gasteiger partial charge is 3.00 e. The predicted octanol–water partition coefficient (Wildman–Crippen LogP) is 12.8. The third-order valence-corrected chi connectivity index (χ3v) is 7.24. The van der Waals surface area contributed by atoms with Gasteiger partial charge in [-0.25, -0.2) is 0 Å². The Kier molecular flexibility index (Phi) is 23.1. The van der Waals surface area contributed by atoms with E-state index in [1.54, 1.807) is 0 Å². The van der Waals surface area contributed by atoms with Crippen LogP contribution in [-0.4, -0.2) is 11.0 Å². The fourth-order valence-electron chi connectivity index (χ4n) is 5.12. The molecular formula is C40H47Cl2SiZr. The molecule has 0 aliphatic heterocycles. The zero-order chi connectivity index (χ0) is 27.5. The summed E-state index contributed by atoms with van der Waals surface area (Å²) in [6, 6.07) is 43.3. The third-order valence-electron chi connectivity index (χ3n) is 7.24. The van der Waals surface area contributed by atoms with E-state index in [0.29, 0.717) is 0 Å². The van der Waals surface area contributed by atoms with Crippen molar-refractivity contribution in [3.63, 3.8) is 0 Å². The summed E-state index contributed by atoms with van der Waals surface area (Å²) in [4.78, 5) is 0. The van der Waals surface area contributed by atoms with Crippen molar-refractivity contribution in [1.29, 1.82) is 0 Å². The van der Waals surface area contributed by atoms with Crippen LogP contribution < -0.4 is 0 Å². The minimum atomic E-state index is 0. The first kappa shape index (κ1) is 43.9. The van der Waals surface area contributed by atoms with Crippen LogP contribution in [0.4, 0.5) is 0 Å². The quantitative estimate of drug-likeness (QED) is 0.0914. The number of fused-ring (bicyclic) bond motifs is 2. The van der Waals surface area contributed by atoms with Crippen molar-refractivity contribution in [3.05, 3.63) is 140 Å². The van der Waals surface area contributed by atoms with E-state index < -0.39 is 0 Å². The van der Waals surface area contributed by atoms with Crippen molar-refractivity contribution in [2.24, 2.45) is 0 Å². The molecule has 0 bridgehead atoms. The molecule has 5 radical (unpaired) electrons. The van der Waals surface area contributed by atoms with E-state index in [1.807, 2.05) is 0 Å². The van der Waals surface area contributed by atoms with Crippen molar-refractivity contribution in [2.45, 2.75) is 59.8 Å². The number of hydrogen-bond donors (Lipinski definition) is 0. The van der Waals surface area contributed by atoms with E-state index in [9.17, 15) is 0 Å². The van der Waals surface area contributed by atoms with E-state index in [2.05, 4.69) is 149 Å². The molecule has 0 saturated carbocycles. The summed E-state index contributed by atoms with van der Waals surface area (Å²) in [5.41, 5.74) is 8.00. The molecule has 4 heteroatoms. The third kappa shape index (κ3) is 11.9. The normalized spacial score (nSPS) is 9.36. The van der Waals surface area contributed by atoms with Crippen LogP contribution in [-0.2, 0) is 32.6 Å². The first-order chi connectivity index (χ1) is 19.1. The minimum absolute atomic E-state index is 0. The van der Waals surface area contributed by atoms with Gasteiger partial charge < -0.3 is 7.43 Å². The molecule has 0 aliphatic carbocycles. The van der Waals surface area contributed by atoms with Crippen LogP contribution in [0.15, 0.2) is 121 Å². The Morgan fingerprint density at radius 1 is 0.545 bits per heavy atom. The average molecular weight is 718 g/mol. The molecule has 0 spiro atoms. The van der Waals surface area contributed by atoms with Crippen LogP contribution in [0.2, 0.25) is 0 Å². The van der Waals surface area contributed by atoms with Gasteiger partial charge in [0.25, 0.3) is 0 Å². The molecule has 0 saturated heterocycles. The molecule has 6 aromatic carbocycles. The van der Waals surface area contributed by atoms with Gasteiger partial charge in [-0.3, -0.25) is 0 Å². The maximum atomic E-state index is 2.32. The molecule has 0 heterocycles. The Morgan fingerprint density at radius 2 is 0.977 bits per heavy atom. The fourth-order valence-corrected chi connectivity index (χ4v) is 5.12. The van der Waals surface area contributed by atoms with Crippen molar-refractivity contribution in [2.75, 3.05) is 0 Å². The number of hydrogen-bond acceptors (Lipinski definition) is 0. The standard InChI is InChI=1S/C17H15.C16H13.C6H14.CH3.2ClH.Si.Zr/c1-2-13-11-15-9-6-10-16(17(15)12-13)14-7-4-3-5-8-14;1-12-10-14-8-5-9-15(16(14)11-12)13-6-3-2-4-7-13;1-3-5-6-4-2;;;;;/h3-12H,2H2,1H3;2-11H,1H3;3-6H2,1-2H3;1H3;2*1H;;/q2*-1;;-1;;;;+3. The van der Waals surface area contributed by atoms with Crippen LogP contribution in [0.5, 0.6) is 0 Å². The van der Waals surface area contributed by atoms with Gasteiger partial charge in [-0.2, -0.15) is 12.1 Å². The summed E-state index contributed by atoms with van der Waals surface area (Å²) >= 11 is 0. The Bertz CT molecular complexity index is 1570. The predicted molar refractivity (Wildman–Crippen MR) is 201 cm³/mol. The Balaban J connectivity index is 0. The van der Waals surface area contributed by atoms with Crippen LogP contribution in [0, 0.1) is 14.4 Å². The van der Waals surface area contributed by atoms with Gasteiger partial charge in [-0.05, 0) is 17.5 Å². The number of benzene rings is 4. The monoisotopic (exact) mass is 715 g/mol. The maximum absolute atomic E-state index is 2.32. The van der Waals surface area contributed by atoms with Gasteiger partial charge in [0.2, 0.25) is 0 Å². The molecule has 0 aliphatic rings. The average Bonchev–Trinajstić information content (AvgIpc) is 3.60. The molecule has 44 heavy (non-hydrogen) atoms. The van der Waals surface area contributed by atoms with Gasteiger partial charge in [0.05, 0.1) is 0 Å². The smallest absolute Gasteiger partial charge is 0.358 e. The van der Waals surface area contributed by atoms with Crippen molar-refractivity contribution < 1.29 is 26.2 Å². The number of halogens is 2. The molecule has 0 N–H and O–H groups in total. The number of aryl methyl sites for hydroxylation is 2. The molecule has 0 atom stereocenters. The summed E-state index contributed by atoms with van der Waals surface area (Å²) in [6.07, 6.45) is 6.64. The van der Waals surface area contributed by atoms with Crippen molar-refractivity contribution in [3.8, 4) is 22.3 Å². The topological polar surface area (TPSA) is 0 Å². The summed E-state index contributed by atoms with van der Waals surface area (Å²) in [6.45, 7) is 8.82. The molecule has 0 amide bonds. The summed E-state index contributed by atoms with van der Waals surface area (Å²) in [5.74, 6) is 0. The van der Waals surface area contributed by atoms with Crippen LogP contribution in [0.1, 0.15) is 57.6 Å². The second-order valence-electron chi connectivity index (χ2n) is 10.3. The van der Waals surface area contributed by atoms with Crippen molar-refractivity contribution in [1.82, 2.24) is 0 Å². The van der Waals surface area contributed by atoms with E-state index in [4.69, 9.17) is 0 Å². The second kappa shape index (κ2) is 23.2. The Labute approximate surface area is 303 Å². The molecule has 0 aromatic heterocycles. The second-order valence-corrected chi connectivity index (χ2v) is 10.3. The van der Waals surface area contributed by atoms with Gasteiger partial charge in [-0.1, -0.05) is 137 Å². The number of unbranched alkanes of at least 4 members (excludes halogenated alkanes) is 3. The molecule has 0 nitrogen and oxygen atoms in total. The van der Waals surface area contributed by atoms with Gasteiger partial charge in [-0.15, -0.1) is 93.9 Å². The summed E-state index contributed by atoms with van der Waals surface area (Å²) in [5, 5.41) is 5.41. The zero-order valence-electron chi connectivity index (χ0n) is 26.9. The fraction of sp³-hybridized carbons (Fsp3) is 0.225. The molecule has 229 valence electrons. The summed E-state index contributed by atoms with van der Waals surface area (Å²) < 4.78 is 0. The van der Waals surface area contributed by atoms with E-state index in [0.717, 1.165) is 6.42 Å². The van der Waals surface area contributed by atoms with Gasteiger partial charge in [0.1, 0.15) is 0 Å². The minimum Gasteiger partial charge on any atom is -0.358 e. The van der Waals surface area contributed by atoms with E-state index >= 15 is 0 Å².